The molecule has 4 aromatic rings. The van der Waals surface area contributed by atoms with Crippen molar-refractivity contribution in [2.24, 2.45) is 0 Å². The molecule has 0 saturated carbocycles. The molecule has 1 unspecified atom stereocenters. The van der Waals surface area contributed by atoms with Gasteiger partial charge in [0.25, 0.3) is 5.91 Å². The summed E-state index contributed by atoms with van der Waals surface area (Å²) in [5.41, 5.74) is 5.40. The zero-order valence-electron chi connectivity index (χ0n) is 21.6. The first-order valence-electron chi connectivity index (χ1n) is 13.4. The van der Waals surface area contributed by atoms with Gasteiger partial charge in [0.05, 0.1) is 35.4 Å². The summed E-state index contributed by atoms with van der Waals surface area (Å²) in [6.07, 6.45) is 4.67. The Hall–Kier alpha value is -3.73. The smallest absolute Gasteiger partial charge is 0.255 e. The van der Waals surface area contributed by atoms with Crippen LogP contribution in [0.15, 0.2) is 60.0 Å². The summed E-state index contributed by atoms with van der Waals surface area (Å²) >= 11 is 1.73. The summed E-state index contributed by atoms with van der Waals surface area (Å²) in [6.45, 7) is 5.73. The molecule has 7 heteroatoms. The normalized spacial score (nSPS) is 17.7. The molecule has 2 fully saturated rings. The molecule has 1 amide bonds. The van der Waals surface area contributed by atoms with Gasteiger partial charge >= 0.3 is 0 Å². The molecular weight excluding hydrogens is 490 g/mol. The van der Waals surface area contributed by atoms with Crippen LogP contribution in [-0.2, 0) is 6.54 Å². The molecule has 0 aliphatic carbocycles. The van der Waals surface area contributed by atoms with Gasteiger partial charge in [-0.15, -0.1) is 11.3 Å². The minimum absolute atomic E-state index is 0.0825. The molecule has 1 N–H and O–H groups in total. The van der Waals surface area contributed by atoms with Gasteiger partial charge in [0.2, 0.25) is 0 Å². The van der Waals surface area contributed by atoms with Gasteiger partial charge in [0.1, 0.15) is 5.82 Å². The second-order valence-electron chi connectivity index (χ2n) is 10.2. The fourth-order valence-corrected chi connectivity index (χ4v) is 6.57. The topological polar surface area (TPSA) is 72.3 Å². The van der Waals surface area contributed by atoms with E-state index >= 15 is 0 Å². The summed E-state index contributed by atoms with van der Waals surface area (Å²) in [5, 5.41) is 15.6. The molecule has 2 aliphatic rings. The Morgan fingerprint density at radius 2 is 1.84 bits per heavy atom. The van der Waals surface area contributed by atoms with Crippen molar-refractivity contribution in [3.8, 4) is 17.2 Å². The lowest BCUT2D eigenvalue weighted by Crippen LogP contribution is -2.46. The van der Waals surface area contributed by atoms with E-state index in [1.54, 1.807) is 11.3 Å². The van der Waals surface area contributed by atoms with Crippen LogP contribution < -0.4 is 5.32 Å². The van der Waals surface area contributed by atoms with Crippen molar-refractivity contribution in [2.45, 2.75) is 45.3 Å². The van der Waals surface area contributed by atoms with Gasteiger partial charge in [-0.25, -0.2) is 4.98 Å². The maximum atomic E-state index is 14.2. The van der Waals surface area contributed by atoms with E-state index in [0.29, 0.717) is 17.7 Å². The Morgan fingerprint density at radius 1 is 1.05 bits per heavy atom. The molecule has 192 valence electrons. The van der Waals surface area contributed by atoms with Crippen LogP contribution in [-0.4, -0.2) is 46.5 Å². The summed E-state index contributed by atoms with van der Waals surface area (Å²) in [7, 11) is 0. The molecule has 2 saturated heterocycles. The second-order valence-corrected chi connectivity index (χ2v) is 11.2. The number of aryl methyl sites for hydroxylation is 1. The molecule has 2 aromatic carbocycles. The molecule has 0 radical (unpaired) electrons. The fourth-order valence-electron chi connectivity index (χ4n) is 5.73. The summed E-state index contributed by atoms with van der Waals surface area (Å²) in [4.78, 5) is 24.9. The van der Waals surface area contributed by atoms with Crippen LogP contribution in [0.5, 0.6) is 0 Å². The third-order valence-corrected chi connectivity index (χ3v) is 8.85. The Bertz CT molecular complexity index is 1510. The van der Waals surface area contributed by atoms with E-state index < -0.39 is 0 Å². The molecule has 0 spiro atoms. The number of amides is 1. The number of thiophene rings is 1. The van der Waals surface area contributed by atoms with Gasteiger partial charge in [-0.05, 0) is 91.1 Å². The third kappa shape index (κ3) is 4.78. The number of hydrogen-bond donors (Lipinski definition) is 1. The largest absolute Gasteiger partial charge is 0.365 e. The number of nitrogens with zero attached hydrogens (tertiary/aromatic N) is 4. The summed E-state index contributed by atoms with van der Waals surface area (Å²) < 4.78 is 0. The van der Waals surface area contributed by atoms with Gasteiger partial charge in [-0.2, -0.15) is 5.26 Å². The molecule has 1 atom stereocenters. The van der Waals surface area contributed by atoms with Gasteiger partial charge in [-0.3, -0.25) is 9.69 Å². The summed E-state index contributed by atoms with van der Waals surface area (Å²) in [5.74, 6) is 0.802. The molecule has 0 bridgehead atoms. The molecule has 4 heterocycles. The monoisotopic (exact) mass is 521 g/mol. The Morgan fingerprint density at radius 3 is 2.58 bits per heavy atom. The van der Waals surface area contributed by atoms with Crippen LogP contribution >= 0.6 is 11.3 Å². The average Bonchev–Trinajstić information content (AvgIpc) is 3.73. The highest BCUT2D eigenvalue weighted by Gasteiger charge is 2.35. The predicted octanol–water partition coefficient (Wildman–Crippen LogP) is 6.41. The maximum Gasteiger partial charge on any atom is 0.255 e. The Labute approximate surface area is 227 Å². The van der Waals surface area contributed by atoms with Crippen molar-refractivity contribution in [2.75, 3.05) is 25.0 Å². The van der Waals surface area contributed by atoms with Gasteiger partial charge in [0.15, 0.2) is 0 Å². The first-order chi connectivity index (χ1) is 18.6. The quantitative estimate of drug-likeness (QED) is 0.317. The molecule has 2 aliphatic heterocycles. The third-order valence-electron chi connectivity index (χ3n) is 7.83. The highest BCUT2D eigenvalue weighted by Crippen LogP contribution is 2.32. The van der Waals surface area contributed by atoms with Crippen LogP contribution in [0.1, 0.15) is 52.0 Å². The highest BCUT2D eigenvalue weighted by atomic mass is 32.1. The van der Waals surface area contributed by atoms with E-state index in [1.165, 1.54) is 23.3 Å². The van der Waals surface area contributed by atoms with E-state index in [2.05, 4.69) is 45.6 Å². The lowest BCUT2D eigenvalue weighted by molar-refractivity contribution is 0.0533. The lowest BCUT2D eigenvalue weighted by Gasteiger charge is -2.32. The molecule has 6 nitrogen and oxygen atoms in total. The fraction of sp³-hybridized carbons (Fsp3) is 0.323. The number of benzene rings is 2. The number of pyridine rings is 1. The van der Waals surface area contributed by atoms with Crippen molar-refractivity contribution < 1.29 is 4.79 Å². The van der Waals surface area contributed by atoms with Crippen LogP contribution in [0.3, 0.4) is 0 Å². The first-order valence-corrected chi connectivity index (χ1v) is 14.3. The van der Waals surface area contributed by atoms with E-state index in [1.807, 2.05) is 42.5 Å². The van der Waals surface area contributed by atoms with Crippen LogP contribution in [0.25, 0.3) is 22.0 Å². The number of anilines is 1. The second kappa shape index (κ2) is 10.6. The number of likely N-dealkylation sites (tertiary alicyclic amines) is 2. The van der Waals surface area contributed by atoms with Crippen molar-refractivity contribution in [3.05, 3.63) is 81.5 Å². The van der Waals surface area contributed by atoms with Gasteiger partial charge in [0, 0.05) is 29.9 Å². The van der Waals surface area contributed by atoms with Crippen molar-refractivity contribution >= 4 is 34.0 Å². The van der Waals surface area contributed by atoms with Gasteiger partial charge in [-0.1, -0.05) is 18.2 Å². The van der Waals surface area contributed by atoms with E-state index in [9.17, 15) is 10.1 Å². The Kier molecular flexibility index (Phi) is 6.84. The standard InChI is InChI=1S/C31H31N5OS/c1-21-12-16-38-28(21)20-33-29-18-26(31(37)36-15-4-5-30(36)35-13-2-3-14-35)25-17-24(10-11-27(25)34-29)23-8-6-22(19-32)7-9-23/h6-12,16-18,30H,2-5,13-15,20H2,1H3,(H,33,34). The number of fused-ring (bicyclic) bond motifs is 1. The van der Waals surface area contributed by atoms with Crippen molar-refractivity contribution in [3.63, 3.8) is 0 Å². The number of rotatable bonds is 6. The van der Waals surface area contributed by atoms with E-state index in [0.717, 1.165) is 60.3 Å². The number of carbonyl (C=O) groups is 1. The van der Waals surface area contributed by atoms with Gasteiger partial charge < -0.3 is 10.2 Å². The molecule has 38 heavy (non-hydrogen) atoms. The first kappa shape index (κ1) is 24.6. The van der Waals surface area contributed by atoms with Crippen LogP contribution in [0.4, 0.5) is 5.82 Å². The summed E-state index contributed by atoms with van der Waals surface area (Å²) in [6, 6.07) is 19.9. The average molecular weight is 522 g/mol. The van der Waals surface area contributed by atoms with Crippen LogP contribution in [0.2, 0.25) is 0 Å². The minimum Gasteiger partial charge on any atom is -0.365 e. The predicted molar refractivity (Wildman–Crippen MR) is 153 cm³/mol. The number of nitriles is 1. The zero-order valence-corrected chi connectivity index (χ0v) is 22.4. The highest BCUT2D eigenvalue weighted by molar-refractivity contribution is 7.10. The SMILES string of the molecule is Cc1ccsc1CNc1cc(C(=O)N2CCCC2N2CCCC2)c2cc(-c3ccc(C#N)cc3)ccc2n1. The molecular formula is C31H31N5OS. The number of hydrogen-bond acceptors (Lipinski definition) is 6. The van der Waals surface area contributed by atoms with Crippen LogP contribution in [0, 0.1) is 18.3 Å². The van der Waals surface area contributed by atoms with Crippen molar-refractivity contribution in [1.82, 2.24) is 14.8 Å². The Balaban J connectivity index is 1.40. The lowest BCUT2D eigenvalue weighted by atomic mass is 9.99. The van der Waals surface area contributed by atoms with E-state index in [4.69, 9.17) is 4.98 Å². The van der Waals surface area contributed by atoms with E-state index in [-0.39, 0.29) is 12.1 Å². The van der Waals surface area contributed by atoms with Crippen molar-refractivity contribution in [1.29, 1.82) is 5.26 Å². The minimum atomic E-state index is 0.0825. The molecule has 2 aromatic heterocycles. The maximum absolute atomic E-state index is 14.2. The number of carbonyl (C=O) groups excluding carboxylic acids is 1. The zero-order chi connectivity index (χ0) is 26.1. The molecule has 6 rings (SSSR count). The number of aromatic nitrogens is 1. The number of nitrogens with one attached hydrogen (secondary N) is 1.